The van der Waals surface area contributed by atoms with Crippen LogP contribution in [0.5, 0.6) is 0 Å². The highest BCUT2D eigenvalue weighted by Gasteiger charge is 2.45. The number of halogens is 1. The van der Waals surface area contributed by atoms with E-state index in [1.165, 1.54) is 16.8 Å². The summed E-state index contributed by atoms with van der Waals surface area (Å²) < 4.78 is 12.5. The van der Waals surface area contributed by atoms with Crippen LogP contribution < -0.4 is 4.90 Å². The molecule has 1 aromatic rings. The number of piperidine rings is 1. The Morgan fingerprint density at radius 3 is 2.88 bits per heavy atom. The first-order valence-electron chi connectivity index (χ1n) is 8.98. The van der Waals surface area contributed by atoms with Gasteiger partial charge in [-0.25, -0.2) is 4.79 Å². The molecule has 1 saturated heterocycles. The Bertz CT molecular complexity index is 701. The Kier molecular flexibility index (Phi) is 4.23. The molecule has 2 atom stereocenters. The lowest BCUT2D eigenvalue weighted by Gasteiger charge is -2.39. The second kappa shape index (κ2) is 6.16. The van der Waals surface area contributed by atoms with E-state index in [9.17, 15) is 4.79 Å². The van der Waals surface area contributed by atoms with Gasteiger partial charge >= 0.3 is 6.09 Å². The molecule has 3 aliphatic rings. The average Bonchev–Trinajstić information content (AvgIpc) is 2.68. The molecule has 5 nitrogen and oxygen atoms in total. The molecule has 6 heteroatoms. The first kappa shape index (κ1) is 17.2. The highest BCUT2D eigenvalue weighted by atomic mass is 79.9. The second-order valence-corrected chi connectivity index (χ2v) is 9.05. The second-order valence-electron chi connectivity index (χ2n) is 8.14. The molecular weight excluding hydrogens is 384 g/mol. The minimum atomic E-state index is -0.456. The fourth-order valence-corrected chi connectivity index (χ4v) is 4.84. The van der Waals surface area contributed by atoms with Crippen LogP contribution in [0.25, 0.3) is 0 Å². The number of carbonyl (C=O) groups excluding carboxylic acids is 1. The van der Waals surface area contributed by atoms with Gasteiger partial charge in [0.05, 0.1) is 13.2 Å². The van der Waals surface area contributed by atoms with Gasteiger partial charge in [0.2, 0.25) is 0 Å². The monoisotopic (exact) mass is 408 g/mol. The molecule has 1 amide bonds. The Balaban J connectivity index is 1.64. The zero-order chi connectivity index (χ0) is 17.8. The van der Waals surface area contributed by atoms with E-state index in [0.717, 1.165) is 37.1 Å². The highest BCUT2D eigenvalue weighted by Crippen LogP contribution is 2.48. The van der Waals surface area contributed by atoms with Crippen molar-refractivity contribution >= 4 is 27.7 Å². The standard InChI is InChI=1S/C19H25BrN2O3/c1-19(2,3)25-18(23)21-5-4-16-15(10-21)14-9-13(20)8-12-11-24-7-6-22(16)17(12)14/h8-9,15-16H,4-7,10-11H2,1-3H3/t15-,16-/m0/s1. The molecule has 0 radical (unpaired) electrons. The molecule has 0 aliphatic carbocycles. The first-order chi connectivity index (χ1) is 11.8. The molecule has 0 unspecified atom stereocenters. The van der Waals surface area contributed by atoms with Gasteiger partial charge in [0.15, 0.2) is 0 Å². The Morgan fingerprint density at radius 1 is 1.32 bits per heavy atom. The SMILES string of the molecule is CC(C)(C)OC(=O)N1CC[C@H]2[C@@H](C1)c1cc(Br)cc3c1N2CCOC3. The molecule has 0 N–H and O–H groups in total. The van der Waals surface area contributed by atoms with E-state index >= 15 is 0 Å². The Hall–Kier alpha value is -1.27. The average molecular weight is 409 g/mol. The number of hydrogen-bond donors (Lipinski definition) is 0. The predicted octanol–water partition coefficient (Wildman–Crippen LogP) is 3.89. The van der Waals surface area contributed by atoms with Crippen LogP contribution in [0.15, 0.2) is 16.6 Å². The molecule has 25 heavy (non-hydrogen) atoms. The number of rotatable bonds is 0. The Morgan fingerprint density at radius 2 is 2.12 bits per heavy atom. The van der Waals surface area contributed by atoms with E-state index in [2.05, 4.69) is 33.0 Å². The molecule has 0 bridgehead atoms. The van der Waals surface area contributed by atoms with E-state index in [4.69, 9.17) is 9.47 Å². The number of amides is 1. The van der Waals surface area contributed by atoms with Crippen LogP contribution in [-0.2, 0) is 16.1 Å². The predicted molar refractivity (Wildman–Crippen MR) is 100 cm³/mol. The number of nitrogens with zero attached hydrogens (tertiary/aromatic N) is 2. The molecule has 4 rings (SSSR count). The lowest BCUT2D eigenvalue weighted by molar-refractivity contribution is 0.0188. The van der Waals surface area contributed by atoms with Crippen molar-refractivity contribution < 1.29 is 14.3 Å². The summed E-state index contributed by atoms with van der Waals surface area (Å²) in [6.45, 7) is 9.56. The van der Waals surface area contributed by atoms with Gasteiger partial charge in [0, 0.05) is 47.3 Å². The maximum Gasteiger partial charge on any atom is 0.410 e. The number of hydrogen-bond acceptors (Lipinski definition) is 4. The highest BCUT2D eigenvalue weighted by molar-refractivity contribution is 9.10. The van der Waals surface area contributed by atoms with Gasteiger partial charge in [-0.2, -0.15) is 0 Å². The van der Waals surface area contributed by atoms with Crippen LogP contribution in [0.1, 0.15) is 44.2 Å². The quantitative estimate of drug-likeness (QED) is 0.652. The molecule has 1 aromatic carbocycles. The molecule has 0 saturated carbocycles. The van der Waals surface area contributed by atoms with E-state index in [0.29, 0.717) is 18.6 Å². The molecule has 0 aromatic heterocycles. The van der Waals surface area contributed by atoms with Gasteiger partial charge in [-0.3, -0.25) is 0 Å². The summed E-state index contributed by atoms with van der Waals surface area (Å²) in [6, 6.07) is 4.84. The van der Waals surface area contributed by atoms with Crippen LogP contribution >= 0.6 is 15.9 Å². The smallest absolute Gasteiger partial charge is 0.410 e. The van der Waals surface area contributed by atoms with Crippen LogP contribution in [0.4, 0.5) is 10.5 Å². The van der Waals surface area contributed by atoms with Crippen molar-refractivity contribution in [3.05, 3.63) is 27.7 Å². The molecule has 136 valence electrons. The van der Waals surface area contributed by atoms with Gasteiger partial charge < -0.3 is 19.3 Å². The van der Waals surface area contributed by atoms with Gasteiger partial charge in [-0.1, -0.05) is 15.9 Å². The first-order valence-corrected chi connectivity index (χ1v) is 9.77. The van der Waals surface area contributed by atoms with Gasteiger partial charge in [0.1, 0.15) is 5.60 Å². The zero-order valence-electron chi connectivity index (χ0n) is 15.0. The lowest BCUT2D eigenvalue weighted by atomic mass is 9.89. The summed E-state index contributed by atoms with van der Waals surface area (Å²) in [7, 11) is 0. The summed E-state index contributed by atoms with van der Waals surface area (Å²) in [6.07, 6.45) is 0.770. The van der Waals surface area contributed by atoms with Crippen LogP contribution in [0.3, 0.4) is 0 Å². The minimum absolute atomic E-state index is 0.198. The van der Waals surface area contributed by atoms with Crippen LogP contribution in [0.2, 0.25) is 0 Å². The van der Waals surface area contributed by atoms with Crippen molar-refractivity contribution in [3.63, 3.8) is 0 Å². The summed E-state index contributed by atoms with van der Waals surface area (Å²) in [5.74, 6) is 0.339. The maximum atomic E-state index is 12.5. The topological polar surface area (TPSA) is 42.0 Å². The zero-order valence-corrected chi connectivity index (χ0v) is 16.6. The number of likely N-dealkylation sites (tertiary alicyclic amines) is 1. The van der Waals surface area contributed by atoms with Crippen molar-refractivity contribution in [2.45, 2.75) is 51.4 Å². The summed E-state index contributed by atoms with van der Waals surface area (Å²) in [5.41, 5.74) is 3.47. The molecule has 3 heterocycles. The number of anilines is 1. The third-order valence-corrected chi connectivity index (χ3v) is 5.69. The lowest BCUT2D eigenvalue weighted by Crippen LogP contribution is -2.49. The minimum Gasteiger partial charge on any atom is -0.444 e. The van der Waals surface area contributed by atoms with Crippen molar-refractivity contribution in [3.8, 4) is 0 Å². The molecular formula is C19H25BrN2O3. The number of carbonyl (C=O) groups is 1. The van der Waals surface area contributed by atoms with E-state index < -0.39 is 5.60 Å². The van der Waals surface area contributed by atoms with Crippen molar-refractivity contribution in [1.82, 2.24) is 4.90 Å². The van der Waals surface area contributed by atoms with Crippen molar-refractivity contribution in [2.24, 2.45) is 0 Å². The van der Waals surface area contributed by atoms with E-state index in [-0.39, 0.29) is 6.09 Å². The number of benzene rings is 1. The van der Waals surface area contributed by atoms with Crippen molar-refractivity contribution in [1.29, 1.82) is 0 Å². The van der Waals surface area contributed by atoms with Crippen molar-refractivity contribution in [2.75, 3.05) is 31.1 Å². The van der Waals surface area contributed by atoms with E-state index in [1.807, 2.05) is 25.7 Å². The number of fused-ring (bicyclic) bond motifs is 3. The third kappa shape index (κ3) is 3.14. The largest absolute Gasteiger partial charge is 0.444 e. The fraction of sp³-hybridized carbons (Fsp3) is 0.632. The van der Waals surface area contributed by atoms with Crippen LogP contribution in [0, 0.1) is 0 Å². The number of ether oxygens (including phenoxy) is 2. The maximum absolute atomic E-state index is 12.5. The molecule has 0 spiro atoms. The van der Waals surface area contributed by atoms with Gasteiger partial charge in [0.25, 0.3) is 0 Å². The summed E-state index contributed by atoms with van der Waals surface area (Å²) in [5, 5.41) is 0. The van der Waals surface area contributed by atoms with Gasteiger partial charge in [-0.15, -0.1) is 0 Å². The summed E-state index contributed by atoms with van der Waals surface area (Å²) >= 11 is 3.65. The third-order valence-electron chi connectivity index (χ3n) is 5.23. The van der Waals surface area contributed by atoms with E-state index in [1.54, 1.807) is 0 Å². The van der Waals surface area contributed by atoms with Crippen LogP contribution in [-0.4, -0.2) is 48.9 Å². The molecule has 3 aliphatic heterocycles. The Labute approximate surface area is 157 Å². The normalized spacial score (nSPS) is 25.3. The molecule has 1 fully saturated rings. The summed E-state index contributed by atoms with van der Waals surface area (Å²) in [4.78, 5) is 16.9. The van der Waals surface area contributed by atoms with Gasteiger partial charge in [-0.05, 0) is 44.9 Å². The fourth-order valence-electron chi connectivity index (χ4n) is 4.32.